The summed E-state index contributed by atoms with van der Waals surface area (Å²) in [5, 5.41) is 20.3. The highest BCUT2D eigenvalue weighted by molar-refractivity contribution is 6.00. The Morgan fingerprint density at radius 2 is 1.68 bits per heavy atom. The largest absolute Gasteiger partial charge is 0.294 e. The lowest BCUT2D eigenvalue weighted by atomic mass is 10.3. The van der Waals surface area contributed by atoms with Gasteiger partial charge in [-0.25, -0.2) is 0 Å². The lowest BCUT2D eigenvalue weighted by Crippen LogP contribution is -1.95. The molecule has 1 heterocycles. The topological polar surface area (TPSA) is 116 Å². The molecule has 19 heavy (non-hydrogen) atoms. The van der Waals surface area contributed by atoms with Gasteiger partial charge in [-0.15, -0.1) is 0 Å². The number of hydrogen-bond acceptors (Lipinski definition) is 6. The number of allylic oxidation sites excluding steroid dienone is 1. The summed E-state index contributed by atoms with van der Waals surface area (Å²) in [6.07, 6.45) is 5.05. The molecule has 0 spiro atoms. The molecule has 0 fully saturated rings. The van der Waals surface area contributed by atoms with Crippen molar-refractivity contribution in [1.29, 1.82) is 0 Å². The number of hydrogen-bond donors (Lipinski definition) is 0. The summed E-state index contributed by atoms with van der Waals surface area (Å²) in [7, 11) is 0. The molecule has 1 aromatic carbocycles. The van der Waals surface area contributed by atoms with E-state index < -0.39 is 9.85 Å². The number of non-ortho nitro benzene ring substituents is 2. The zero-order chi connectivity index (χ0) is 14.3. The second-order valence-electron chi connectivity index (χ2n) is 3.35. The van der Waals surface area contributed by atoms with Gasteiger partial charge < -0.3 is 0 Å². The van der Waals surface area contributed by atoms with Gasteiger partial charge in [-0.3, -0.25) is 30.0 Å². The number of rotatable bonds is 2. The van der Waals surface area contributed by atoms with Gasteiger partial charge in [0.05, 0.1) is 15.9 Å². The van der Waals surface area contributed by atoms with Crippen LogP contribution in [-0.2, 0) is 4.79 Å². The molecule has 0 unspecified atom stereocenters. The monoisotopic (exact) mass is 263 g/mol. The number of aliphatic imine (C=N–C) groups is 1. The molecular weight excluding hydrogens is 254 g/mol. The second kappa shape index (κ2) is 6.74. The summed E-state index contributed by atoms with van der Waals surface area (Å²) in [6, 6.07) is 4.59. The van der Waals surface area contributed by atoms with Crippen molar-refractivity contribution >= 4 is 23.4 Å². The molecule has 0 N–H and O–H groups in total. The van der Waals surface area contributed by atoms with E-state index in [9.17, 15) is 25.0 Å². The molecule has 0 bridgehead atoms. The maximum atomic E-state index is 10.3. The predicted molar refractivity (Wildman–Crippen MR) is 67.0 cm³/mol. The fourth-order valence-electron chi connectivity index (χ4n) is 1.12. The minimum absolute atomic E-state index is 0.134. The van der Waals surface area contributed by atoms with Crippen molar-refractivity contribution in [3.8, 4) is 0 Å². The van der Waals surface area contributed by atoms with Crippen LogP contribution in [0.1, 0.15) is 6.42 Å². The van der Waals surface area contributed by atoms with Crippen LogP contribution in [0.4, 0.5) is 11.4 Å². The van der Waals surface area contributed by atoms with Crippen molar-refractivity contribution in [2.75, 3.05) is 0 Å². The highest BCUT2D eigenvalue weighted by Crippen LogP contribution is 2.18. The number of nitrogens with zero attached hydrogens (tertiary/aromatic N) is 3. The first-order valence-corrected chi connectivity index (χ1v) is 5.10. The Morgan fingerprint density at radius 3 is 2.00 bits per heavy atom. The zero-order valence-corrected chi connectivity index (χ0v) is 9.63. The van der Waals surface area contributed by atoms with Gasteiger partial charge in [0.15, 0.2) is 5.78 Å². The van der Waals surface area contributed by atoms with Crippen molar-refractivity contribution in [2.45, 2.75) is 6.42 Å². The van der Waals surface area contributed by atoms with Crippen molar-refractivity contribution in [1.82, 2.24) is 0 Å². The van der Waals surface area contributed by atoms with E-state index in [1.54, 1.807) is 6.21 Å². The van der Waals surface area contributed by atoms with Crippen LogP contribution >= 0.6 is 0 Å². The summed E-state index contributed by atoms with van der Waals surface area (Å²) >= 11 is 0. The molecule has 8 nitrogen and oxygen atoms in total. The molecule has 2 rings (SSSR count). The number of nitro benzene ring substituents is 2. The minimum Gasteiger partial charge on any atom is -0.294 e. The summed E-state index contributed by atoms with van der Waals surface area (Å²) in [5.74, 6) is 0.134. The summed E-state index contributed by atoms with van der Waals surface area (Å²) < 4.78 is 0. The average Bonchev–Trinajstić information content (AvgIpc) is 2.40. The smallest absolute Gasteiger partial charge is 0.276 e. The molecule has 0 atom stereocenters. The highest BCUT2D eigenvalue weighted by atomic mass is 16.6. The van der Waals surface area contributed by atoms with E-state index in [1.807, 2.05) is 0 Å². The molecule has 0 saturated heterocycles. The molecule has 8 heteroatoms. The average molecular weight is 263 g/mol. The van der Waals surface area contributed by atoms with Crippen LogP contribution in [0.3, 0.4) is 0 Å². The third-order valence-corrected chi connectivity index (χ3v) is 2.00. The summed E-state index contributed by atoms with van der Waals surface area (Å²) in [6.45, 7) is 0. The number of carbonyl (C=O) groups is 1. The van der Waals surface area contributed by atoms with Gasteiger partial charge in [0.1, 0.15) is 0 Å². The first kappa shape index (κ1) is 14.2. The van der Waals surface area contributed by atoms with Gasteiger partial charge in [-0.1, -0.05) is 0 Å². The van der Waals surface area contributed by atoms with E-state index in [0.29, 0.717) is 6.42 Å². The molecular formula is C11H9N3O5. The fraction of sp³-hybridized carbons (Fsp3) is 0.0909. The third-order valence-electron chi connectivity index (χ3n) is 2.00. The van der Waals surface area contributed by atoms with E-state index >= 15 is 0 Å². The van der Waals surface area contributed by atoms with Crippen LogP contribution < -0.4 is 0 Å². The quantitative estimate of drug-likeness (QED) is 0.597. The Balaban J connectivity index is 0.000000218. The third kappa shape index (κ3) is 4.86. The van der Waals surface area contributed by atoms with Crippen molar-refractivity contribution < 1.29 is 14.6 Å². The van der Waals surface area contributed by atoms with Gasteiger partial charge in [0.2, 0.25) is 0 Å². The maximum Gasteiger partial charge on any atom is 0.276 e. The fourth-order valence-corrected chi connectivity index (χ4v) is 1.12. The number of ketones is 1. The van der Waals surface area contributed by atoms with E-state index in [0.717, 1.165) is 6.07 Å². The van der Waals surface area contributed by atoms with Gasteiger partial charge in [0, 0.05) is 31.0 Å². The molecule has 0 aromatic heterocycles. The zero-order valence-electron chi connectivity index (χ0n) is 9.63. The van der Waals surface area contributed by atoms with Gasteiger partial charge in [-0.05, 0) is 12.1 Å². The molecule has 0 aliphatic carbocycles. The van der Waals surface area contributed by atoms with Crippen LogP contribution in [0.25, 0.3) is 0 Å². The van der Waals surface area contributed by atoms with Crippen molar-refractivity contribution in [2.24, 2.45) is 4.99 Å². The Labute approximate surface area is 107 Å². The molecule has 98 valence electrons. The number of carbonyl (C=O) groups excluding carboxylic acids is 1. The van der Waals surface area contributed by atoms with E-state index in [-0.39, 0.29) is 17.2 Å². The molecule has 1 aliphatic rings. The van der Waals surface area contributed by atoms with Crippen LogP contribution in [0.5, 0.6) is 0 Å². The summed E-state index contributed by atoms with van der Waals surface area (Å²) in [5.41, 5.74) is -0.548. The second-order valence-corrected chi connectivity index (χ2v) is 3.35. The summed E-state index contributed by atoms with van der Waals surface area (Å²) in [4.78, 5) is 33.0. The van der Waals surface area contributed by atoms with E-state index in [2.05, 4.69) is 4.99 Å². The first-order chi connectivity index (χ1) is 9.00. The van der Waals surface area contributed by atoms with Crippen molar-refractivity contribution in [3.63, 3.8) is 0 Å². The molecule has 0 saturated carbocycles. The van der Waals surface area contributed by atoms with Gasteiger partial charge in [0.25, 0.3) is 11.4 Å². The van der Waals surface area contributed by atoms with Crippen LogP contribution in [0.15, 0.2) is 41.5 Å². The minimum atomic E-state index is -0.674. The maximum absolute atomic E-state index is 10.3. The highest BCUT2D eigenvalue weighted by Gasteiger charge is 2.11. The SMILES string of the molecule is O=C1C=CN=CC1.O=[N+]([O-])c1cccc([N+](=O)[O-])c1. The molecule has 1 aromatic rings. The van der Waals surface area contributed by atoms with Gasteiger partial charge in [-0.2, -0.15) is 0 Å². The lowest BCUT2D eigenvalue weighted by molar-refractivity contribution is -0.394. The van der Waals surface area contributed by atoms with Crippen LogP contribution in [-0.4, -0.2) is 21.8 Å². The molecule has 0 radical (unpaired) electrons. The van der Waals surface area contributed by atoms with Crippen molar-refractivity contribution in [3.05, 3.63) is 56.8 Å². The molecule has 1 aliphatic heterocycles. The number of benzene rings is 1. The van der Waals surface area contributed by atoms with E-state index in [1.165, 1.54) is 30.5 Å². The normalized spacial score (nSPS) is 12.5. The Kier molecular flexibility index (Phi) is 5.03. The first-order valence-electron chi connectivity index (χ1n) is 5.10. The van der Waals surface area contributed by atoms with Crippen LogP contribution in [0, 0.1) is 20.2 Å². The Hall–Kier alpha value is -2.90. The predicted octanol–water partition coefficient (Wildman–Crippen LogP) is 2.05. The van der Waals surface area contributed by atoms with Crippen LogP contribution in [0.2, 0.25) is 0 Å². The number of nitro groups is 2. The Bertz CT molecular complexity index is 536. The van der Waals surface area contributed by atoms with Gasteiger partial charge >= 0.3 is 0 Å². The lowest BCUT2D eigenvalue weighted by Gasteiger charge is -1.90. The Morgan fingerprint density at radius 1 is 1.11 bits per heavy atom. The molecule has 0 amide bonds. The van der Waals surface area contributed by atoms with E-state index in [4.69, 9.17) is 0 Å². The standard InChI is InChI=1S/C6H4N2O4.C5H5NO/c9-7(10)5-2-1-3-6(4-5)8(11)12;7-5-1-3-6-4-2-5/h1-4H;1,3-4H,2H2.